The van der Waals surface area contributed by atoms with Gasteiger partial charge in [-0.05, 0) is 6.42 Å². The van der Waals surface area contributed by atoms with Crippen LogP contribution in [0.2, 0.25) is 0 Å². The Balaban J connectivity index is 4.24. The molecule has 3 nitrogen and oxygen atoms in total. The molecular formula is C7H16ClO3Si. The van der Waals surface area contributed by atoms with Gasteiger partial charge in [-0.25, -0.2) is 0 Å². The van der Waals surface area contributed by atoms with Crippen LogP contribution in [0.15, 0.2) is 0 Å². The summed E-state index contributed by atoms with van der Waals surface area (Å²) in [6.45, 7) is 2.04. The third kappa shape index (κ3) is 2.71. The summed E-state index contributed by atoms with van der Waals surface area (Å²) in [6, 6.07) is 0. The molecule has 0 spiro atoms. The van der Waals surface area contributed by atoms with Crippen LogP contribution in [-0.2, 0) is 13.3 Å². The first-order chi connectivity index (χ1) is 5.66. The van der Waals surface area contributed by atoms with Crippen molar-refractivity contribution in [1.29, 1.82) is 0 Å². The summed E-state index contributed by atoms with van der Waals surface area (Å²) in [5.41, 5.74) is 0. The smallest absolute Gasteiger partial charge is 0.376 e. The van der Waals surface area contributed by atoms with E-state index < -0.39 is 8.80 Å². The first kappa shape index (κ1) is 12.4. The van der Waals surface area contributed by atoms with Crippen molar-refractivity contribution in [2.45, 2.75) is 19.8 Å². The maximum Gasteiger partial charge on any atom is 0.524 e. The lowest BCUT2D eigenvalue weighted by Crippen LogP contribution is -2.47. The largest absolute Gasteiger partial charge is 0.524 e. The number of hydrogen-bond donors (Lipinski definition) is 0. The lowest BCUT2D eigenvalue weighted by atomic mass is 10.4. The van der Waals surface area contributed by atoms with E-state index in [1.54, 1.807) is 21.3 Å². The second-order valence-electron chi connectivity index (χ2n) is 2.32. The van der Waals surface area contributed by atoms with E-state index >= 15 is 0 Å². The molecule has 1 radical (unpaired) electrons. The van der Waals surface area contributed by atoms with Crippen molar-refractivity contribution >= 4 is 20.4 Å². The molecule has 0 aromatic carbocycles. The predicted octanol–water partition coefficient (Wildman–Crippen LogP) is 1.97. The Morgan fingerprint density at radius 3 is 1.83 bits per heavy atom. The summed E-state index contributed by atoms with van der Waals surface area (Å²) >= 11 is 6.01. The minimum Gasteiger partial charge on any atom is -0.376 e. The number of halogens is 1. The topological polar surface area (TPSA) is 27.7 Å². The summed E-state index contributed by atoms with van der Waals surface area (Å²) < 4.78 is 15.5. The fourth-order valence-electron chi connectivity index (χ4n) is 0.955. The highest BCUT2D eigenvalue weighted by molar-refractivity contribution is 6.77. The van der Waals surface area contributed by atoms with Crippen molar-refractivity contribution in [2.75, 3.05) is 21.3 Å². The zero-order valence-corrected chi connectivity index (χ0v) is 9.77. The highest BCUT2D eigenvalue weighted by atomic mass is 35.5. The summed E-state index contributed by atoms with van der Waals surface area (Å²) in [6.07, 6.45) is 1.73. The van der Waals surface area contributed by atoms with E-state index in [4.69, 9.17) is 24.9 Å². The maximum absolute atomic E-state index is 6.01. The average molecular weight is 212 g/mol. The van der Waals surface area contributed by atoms with E-state index in [1.807, 2.05) is 6.92 Å². The van der Waals surface area contributed by atoms with Crippen LogP contribution in [0.4, 0.5) is 0 Å². The lowest BCUT2D eigenvalue weighted by Gasteiger charge is -2.27. The SMILES string of the molecule is CCC[C](Cl)[Si](OC)(OC)OC. The zero-order valence-electron chi connectivity index (χ0n) is 8.02. The number of hydrogen-bond acceptors (Lipinski definition) is 3. The van der Waals surface area contributed by atoms with Crippen LogP contribution in [0.25, 0.3) is 0 Å². The summed E-state index contributed by atoms with van der Waals surface area (Å²) in [4.78, 5) is 0. The molecule has 0 saturated heterocycles. The normalized spacial score (nSPS) is 12.5. The van der Waals surface area contributed by atoms with Gasteiger partial charge in [-0.2, -0.15) is 0 Å². The van der Waals surface area contributed by atoms with Crippen LogP contribution in [-0.4, -0.2) is 30.1 Å². The van der Waals surface area contributed by atoms with Crippen LogP contribution in [0.1, 0.15) is 19.8 Å². The standard InChI is InChI=1S/C7H16ClO3Si/c1-5-6-7(8)12(9-2,10-3)11-4/h5-6H2,1-4H3. The molecule has 0 atom stereocenters. The van der Waals surface area contributed by atoms with E-state index in [0.717, 1.165) is 12.8 Å². The predicted molar refractivity (Wildman–Crippen MR) is 50.8 cm³/mol. The lowest BCUT2D eigenvalue weighted by molar-refractivity contribution is 0.129. The van der Waals surface area contributed by atoms with Gasteiger partial charge in [-0.1, -0.05) is 13.3 Å². The fraction of sp³-hybridized carbons (Fsp3) is 0.857. The Hall–Kier alpha value is 0.387. The van der Waals surface area contributed by atoms with Gasteiger partial charge in [0, 0.05) is 21.3 Å². The minimum absolute atomic E-state index is 0.664. The van der Waals surface area contributed by atoms with Crippen molar-refractivity contribution in [1.82, 2.24) is 0 Å². The monoisotopic (exact) mass is 211 g/mol. The van der Waals surface area contributed by atoms with Crippen LogP contribution in [0.3, 0.4) is 0 Å². The summed E-state index contributed by atoms with van der Waals surface area (Å²) in [5, 5.41) is 0.664. The van der Waals surface area contributed by atoms with E-state index in [-0.39, 0.29) is 0 Å². The second kappa shape index (κ2) is 5.94. The fourth-order valence-corrected chi connectivity index (χ4v) is 3.56. The summed E-state index contributed by atoms with van der Waals surface area (Å²) in [5.74, 6) is 0. The second-order valence-corrected chi connectivity index (χ2v) is 6.04. The van der Waals surface area contributed by atoms with Crippen molar-refractivity contribution < 1.29 is 13.3 Å². The number of rotatable bonds is 6. The highest BCUT2D eigenvalue weighted by Crippen LogP contribution is 2.28. The Morgan fingerprint density at radius 2 is 1.58 bits per heavy atom. The van der Waals surface area contributed by atoms with Gasteiger partial charge < -0.3 is 13.3 Å². The Morgan fingerprint density at radius 1 is 1.17 bits per heavy atom. The van der Waals surface area contributed by atoms with Gasteiger partial charge in [0.05, 0.1) is 0 Å². The van der Waals surface area contributed by atoms with Crippen molar-refractivity contribution in [3.63, 3.8) is 0 Å². The van der Waals surface area contributed by atoms with Crippen molar-refractivity contribution in [2.24, 2.45) is 0 Å². The first-order valence-corrected chi connectivity index (χ1v) is 5.94. The Kier molecular flexibility index (Phi) is 6.13. The minimum atomic E-state index is -2.66. The molecule has 0 aliphatic heterocycles. The van der Waals surface area contributed by atoms with Crippen molar-refractivity contribution in [3.05, 3.63) is 5.00 Å². The molecule has 0 N–H and O–H groups in total. The van der Waals surface area contributed by atoms with Gasteiger partial charge in [0.1, 0.15) is 5.00 Å². The molecule has 73 valence electrons. The van der Waals surface area contributed by atoms with Gasteiger partial charge in [0.15, 0.2) is 0 Å². The molecule has 0 bridgehead atoms. The van der Waals surface area contributed by atoms with Gasteiger partial charge in [0.25, 0.3) is 0 Å². The zero-order chi connectivity index (χ0) is 9.61. The molecule has 0 aliphatic carbocycles. The van der Waals surface area contributed by atoms with E-state index in [9.17, 15) is 0 Å². The molecule has 0 rings (SSSR count). The van der Waals surface area contributed by atoms with Gasteiger partial charge in [0.2, 0.25) is 0 Å². The maximum atomic E-state index is 6.01. The molecule has 0 aromatic rings. The quantitative estimate of drug-likeness (QED) is 0.629. The molecule has 0 aliphatic rings. The van der Waals surface area contributed by atoms with Gasteiger partial charge >= 0.3 is 8.80 Å². The van der Waals surface area contributed by atoms with E-state index in [0.29, 0.717) is 5.00 Å². The molecule has 0 saturated carbocycles. The Labute approximate surface area is 80.3 Å². The van der Waals surface area contributed by atoms with Crippen LogP contribution < -0.4 is 0 Å². The van der Waals surface area contributed by atoms with Gasteiger partial charge in [-0.3, -0.25) is 0 Å². The summed E-state index contributed by atoms with van der Waals surface area (Å²) in [7, 11) is 2.00. The molecule has 0 fully saturated rings. The Bertz CT molecular complexity index is 111. The van der Waals surface area contributed by atoms with Crippen LogP contribution in [0, 0.1) is 5.00 Å². The molecule has 0 heterocycles. The molecule has 12 heavy (non-hydrogen) atoms. The highest BCUT2D eigenvalue weighted by Gasteiger charge is 2.46. The third-order valence-electron chi connectivity index (χ3n) is 1.61. The van der Waals surface area contributed by atoms with Crippen molar-refractivity contribution in [3.8, 4) is 0 Å². The molecular weight excluding hydrogens is 196 g/mol. The van der Waals surface area contributed by atoms with Gasteiger partial charge in [-0.15, -0.1) is 11.6 Å². The van der Waals surface area contributed by atoms with E-state index in [1.165, 1.54) is 0 Å². The average Bonchev–Trinajstić information content (AvgIpc) is 2.09. The first-order valence-electron chi connectivity index (χ1n) is 3.84. The van der Waals surface area contributed by atoms with Crippen LogP contribution in [0.5, 0.6) is 0 Å². The van der Waals surface area contributed by atoms with Crippen LogP contribution >= 0.6 is 11.6 Å². The molecule has 0 amide bonds. The molecule has 0 aromatic heterocycles. The molecule has 0 unspecified atom stereocenters. The van der Waals surface area contributed by atoms with E-state index in [2.05, 4.69) is 0 Å². The third-order valence-corrected chi connectivity index (χ3v) is 5.02. The molecule has 5 heteroatoms.